The topological polar surface area (TPSA) is 187 Å². The molecule has 1 unspecified atom stereocenters. The van der Waals surface area contributed by atoms with Crippen LogP contribution < -0.4 is 35.8 Å². The summed E-state index contributed by atoms with van der Waals surface area (Å²) in [4.78, 5) is 68.8. The molecule has 1 atom stereocenters. The minimum atomic E-state index is -2.63. The van der Waals surface area contributed by atoms with Crippen LogP contribution in [-0.2, 0) is 21.2 Å². The molecule has 0 radical (unpaired) electrons. The van der Waals surface area contributed by atoms with Crippen molar-refractivity contribution in [2.75, 3.05) is 86.7 Å². The SMILES string of the molecule is COc1cc(N2CCC(C3CCN(CC4CCN(c5ccc6c(c5)C(=O)N(C5CCC(=O)NC5=O)C6=O)CC4)CC3)CC2)c(-c2cnn(C)c2)cc1Nc1ncc(Cl)c(Nc2ccc(C3CC3)cc2P(C)(C)=O)n1. The van der Waals surface area contributed by atoms with Crippen LogP contribution in [0.4, 0.5) is 34.5 Å². The smallest absolute Gasteiger partial charge is 0.262 e. The molecular formula is C55H65ClN11O6P. The van der Waals surface area contributed by atoms with Gasteiger partial charge in [-0.3, -0.25) is 34.1 Å². The van der Waals surface area contributed by atoms with Crippen LogP contribution in [0.25, 0.3) is 11.1 Å². The maximum Gasteiger partial charge on any atom is 0.262 e. The van der Waals surface area contributed by atoms with E-state index in [4.69, 9.17) is 21.3 Å². The highest BCUT2D eigenvalue weighted by molar-refractivity contribution is 7.70. The van der Waals surface area contributed by atoms with Crippen molar-refractivity contribution in [2.45, 2.75) is 76.2 Å². The number of carbonyl (C=O) groups is 4. The monoisotopic (exact) mass is 1040 g/mol. The quantitative estimate of drug-likeness (QED) is 0.0711. The van der Waals surface area contributed by atoms with Crippen LogP contribution in [0.1, 0.15) is 96.4 Å². The van der Waals surface area contributed by atoms with E-state index in [2.05, 4.69) is 65.0 Å². The molecule has 5 aliphatic heterocycles. The molecule has 1 aliphatic carbocycles. The Kier molecular flexibility index (Phi) is 13.8. The highest BCUT2D eigenvalue weighted by Gasteiger charge is 2.45. The van der Waals surface area contributed by atoms with Gasteiger partial charge in [0.1, 0.15) is 24.0 Å². The van der Waals surface area contributed by atoms with Crippen molar-refractivity contribution in [3.63, 3.8) is 0 Å². The van der Waals surface area contributed by atoms with Crippen LogP contribution in [0.2, 0.25) is 5.02 Å². The number of carbonyl (C=O) groups excluding carboxylic acids is 4. The number of piperidine rings is 4. The van der Waals surface area contributed by atoms with Gasteiger partial charge >= 0.3 is 0 Å². The summed E-state index contributed by atoms with van der Waals surface area (Å²) in [6.07, 6.45) is 14.9. The van der Waals surface area contributed by atoms with Gasteiger partial charge < -0.3 is 34.6 Å². The zero-order chi connectivity index (χ0) is 51.4. The summed E-state index contributed by atoms with van der Waals surface area (Å²) in [7, 11) is 0.979. The average molecular weight is 1040 g/mol. The molecule has 4 amide bonds. The standard InChI is InChI=1S/C55H65ClN11O6P/c1-63-32-38(29-58-63)41-27-45(60-55-57-30-43(56)51(62-55)59-44-10-7-37(34-5-6-34)25-49(44)74(3,4)72)48(73-2)28-47(41)66-23-17-36(18-24-66)35-15-19-64(20-16-35)31-33-13-21-65(22-14-33)39-8-9-40-42(26-39)54(71)67(53(40)70)46-11-12-50(68)61-52(46)69/h7-10,25-30,32-36,46H,5-6,11-24,31H2,1-4H3,(H,61,68,69)(H2,57,59,60,62). The van der Waals surface area contributed by atoms with Crippen molar-refractivity contribution in [3.05, 3.63) is 88.8 Å². The third kappa shape index (κ3) is 10.3. The number of hydrogen-bond donors (Lipinski definition) is 3. The molecule has 388 valence electrons. The van der Waals surface area contributed by atoms with Crippen LogP contribution in [0.5, 0.6) is 5.75 Å². The lowest BCUT2D eigenvalue weighted by atomic mass is 9.78. The maximum atomic E-state index is 13.5. The van der Waals surface area contributed by atoms with E-state index in [1.165, 1.54) is 18.4 Å². The Morgan fingerprint density at radius 2 is 1.49 bits per heavy atom. The summed E-state index contributed by atoms with van der Waals surface area (Å²) >= 11 is 6.69. The van der Waals surface area contributed by atoms with Gasteiger partial charge in [0.15, 0.2) is 5.82 Å². The number of methoxy groups -OCH3 is 1. The van der Waals surface area contributed by atoms with Crippen LogP contribution in [0.3, 0.4) is 0 Å². The predicted octanol–water partition coefficient (Wildman–Crippen LogP) is 8.40. The molecule has 19 heteroatoms. The molecule has 0 spiro atoms. The first-order valence-electron chi connectivity index (χ1n) is 26.2. The number of aryl methyl sites for hydroxylation is 1. The Labute approximate surface area is 437 Å². The number of hydrogen-bond acceptors (Lipinski definition) is 14. The molecule has 3 N–H and O–H groups in total. The number of benzene rings is 3. The van der Waals surface area contributed by atoms with E-state index < -0.39 is 30.9 Å². The van der Waals surface area contributed by atoms with E-state index in [-0.39, 0.29) is 18.7 Å². The lowest BCUT2D eigenvalue weighted by molar-refractivity contribution is -0.136. The molecule has 11 rings (SSSR count). The molecule has 2 aromatic heterocycles. The Balaban J connectivity index is 0.692. The first-order valence-corrected chi connectivity index (χ1v) is 29.2. The molecule has 74 heavy (non-hydrogen) atoms. The van der Waals surface area contributed by atoms with Gasteiger partial charge in [0.2, 0.25) is 17.8 Å². The molecule has 6 aliphatic rings. The van der Waals surface area contributed by atoms with E-state index in [1.54, 1.807) is 38.8 Å². The molecule has 0 bridgehead atoms. The van der Waals surface area contributed by atoms with Crippen molar-refractivity contribution in [3.8, 4) is 16.9 Å². The zero-order valence-electron chi connectivity index (χ0n) is 42.6. The Bertz CT molecular complexity index is 3060. The minimum Gasteiger partial charge on any atom is -0.494 e. The second-order valence-electron chi connectivity index (χ2n) is 21.6. The van der Waals surface area contributed by atoms with E-state index in [0.717, 1.165) is 123 Å². The summed E-state index contributed by atoms with van der Waals surface area (Å²) in [6, 6.07) is 14.8. The number of rotatable bonds is 14. The van der Waals surface area contributed by atoms with Crippen molar-refractivity contribution >= 4 is 82.2 Å². The molecule has 17 nitrogen and oxygen atoms in total. The molecule has 4 saturated heterocycles. The fourth-order valence-corrected chi connectivity index (χ4v) is 13.3. The first-order chi connectivity index (χ1) is 35.7. The Hall–Kier alpha value is -6.29. The van der Waals surface area contributed by atoms with E-state index in [9.17, 15) is 23.7 Å². The number of likely N-dealkylation sites (tertiary alicyclic amines) is 1. The molecular weight excluding hydrogens is 977 g/mol. The third-order valence-corrected chi connectivity index (χ3v) is 18.1. The summed E-state index contributed by atoms with van der Waals surface area (Å²) in [6.45, 7) is 10.6. The van der Waals surface area contributed by atoms with Crippen LogP contribution in [0, 0.1) is 17.8 Å². The summed E-state index contributed by atoms with van der Waals surface area (Å²) in [5.41, 5.74) is 7.32. The average Bonchev–Trinajstić information content (AvgIpc) is 4.11. The number of halogens is 1. The van der Waals surface area contributed by atoms with E-state index in [1.807, 2.05) is 36.3 Å². The zero-order valence-corrected chi connectivity index (χ0v) is 44.3. The first kappa shape index (κ1) is 49.9. The van der Waals surface area contributed by atoms with Gasteiger partial charge in [0, 0.05) is 86.3 Å². The van der Waals surface area contributed by atoms with Crippen LogP contribution in [0.15, 0.2) is 67.1 Å². The van der Waals surface area contributed by atoms with E-state index in [0.29, 0.717) is 63.0 Å². The summed E-state index contributed by atoms with van der Waals surface area (Å²) in [5.74, 6) is 1.98. The number of amides is 4. The van der Waals surface area contributed by atoms with Gasteiger partial charge in [-0.25, -0.2) is 4.98 Å². The van der Waals surface area contributed by atoms with Crippen LogP contribution >= 0.6 is 18.7 Å². The van der Waals surface area contributed by atoms with Crippen LogP contribution in [-0.4, -0.2) is 125 Å². The number of ether oxygens (including phenoxy) is 1. The van der Waals surface area contributed by atoms with Gasteiger partial charge in [0.25, 0.3) is 11.8 Å². The number of imide groups is 2. The fourth-order valence-electron chi connectivity index (χ4n) is 12.0. The normalized spacial score (nSPS) is 20.6. The highest BCUT2D eigenvalue weighted by atomic mass is 35.5. The fraction of sp³-hybridized carbons (Fsp3) is 0.473. The van der Waals surface area contributed by atoms with Crippen molar-refractivity contribution in [1.29, 1.82) is 0 Å². The van der Waals surface area contributed by atoms with Gasteiger partial charge in [-0.1, -0.05) is 17.7 Å². The van der Waals surface area contributed by atoms with Gasteiger partial charge in [0.05, 0.1) is 42.0 Å². The molecule has 5 aromatic rings. The maximum absolute atomic E-state index is 13.5. The van der Waals surface area contributed by atoms with Crippen molar-refractivity contribution < 1.29 is 28.5 Å². The lowest BCUT2D eigenvalue weighted by Crippen LogP contribution is -2.54. The van der Waals surface area contributed by atoms with Gasteiger partial charge in [-0.05, 0) is 150 Å². The second-order valence-corrected chi connectivity index (χ2v) is 25.2. The molecule has 1 saturated carbocycles. The second kappa shape index (κ2) is 20.4. The van der Waals surface area contributed by atoms with Crippen molar-refractivity contribution in [1.82, 2.24) is 34.9 Å². The Morgan fingerprint density at radius 3 is 2.16 bits per heavy atom. The molecule has 7 heterocycles. The Morgan fingerprint density at radius 1 is 0.770 bits per heavy atom. The number of aromatic nitrogens is 4. The minimum absolute atomic E-state index is 0.0968. The number of fused-ring (bicyclic) bond motifs is 1. The molecule has 3 aromatic carbocycles. The van der Waals surface area contributed by atoms with E-state index >= 15 is 0 Å². The van der Waals surface area contributed by atoms with Crippen molar-refractivity contribution in [2.24, 2.45) is 24.8 Å². The number of anilines is 6. The summed E-state index contributed by atoms with van der Waals surface area (Å²) < 4.78 is 21.3. The van der Waals surface area contributed by atoms with Gasteiger partial charge in [-0.15, -0.1) is 0 Å². The largest absolute Gasteiger partial charge is 0.494 e. The third-order valence-electron chi connectivity index (χ3n) is 16.3. The number of nitrogens with zero attached hydrogens (tertiary/aromatic N) is 8. The highest BCUT2D eigenvalue weighted by Crippen LogP contribution is 2.46. The summed E-state index contributed by atoms with van der Waals surface area (Å²) in [5, 5.41) is 14.7. The molecule has 5 fully saturated rings. The van der Waals surface area contributed by atoms with Gasteiger partial charge in [-0.2, -0.15) is 10.1 Å². The predicted molar refractivity (Wildman–Crippen MR) is 288 cm³/mol. The number of nitrogens with one attached hydrogen (secondary N) is 3. The lowest BCUT2D eigenvalue weighted by Gasteiger charge is -2.42.